The average molecular weight is 170 g/mol. The van der Waals surface area contributed by atoms with Gasteiger partial charge in [-0.25, -0.2) is 4.98 Å². The van der Waals surface area contributed by atoms with Gasteiger partial charge in [0, 0.05) is 5.56 Å². The van der Waals surface area contributed by atoms with Gasteiger partial charge in [-0.15, -0.1) is 0 Å². The molecule has 1 aromatic rings. The summed E-state index contributed by atoms with van der Waals surface area (Å²) in [5.41, 5.74) is 5.54. The first-order valence-corrected chi connectivity index (χ1v) is 3.21. The van der Waals surface area contributed by atoms with E-state index in [4.69, 9.17) is 10.8 Å². The second kappa shape index (κ2) is 3.17. The third kappa shape index (κ3) is 1.91. The van der Waals surface area contributed by atoms with Crippen LogP contribution in [0.15, 0.2) is 12.3 Å². The van der Waals surface area contributed by atoms with Crippen LogP contribution in [0.4, 0.5) is 10.1 Å². The standard InChI is InChI=1S/C7H7FN2O2/c8-7-4(2-6(11)12)1-5(9)3-10-7/h1,3H,2,9H2,(H,11,12). The minimum Gasteiger partial charge on any atom is -0.481 e. The smallest absolute Gasteiger partial charge is 0.307 e. The van der Waals surface area contributed by atoms with E-state index < -0.39 is 18.3 Å². The van der Waals surface area contributed by atoms with Gasteiger partial charge in [-0.1, -0.05) is 0 Å². The first-order valence-electron chi connectivity index (χ1n) is 3.21. The van der Waals surface area contributed by atoms with Crippen molar-refractivity contribution in [1.29, 1.82) is 0 Å². The van der Waals surface area contributed by atoms with Gasteiger partial charge in [0.25, 0.3) is 0 Å². The predicted molar refractivity (Wildman–Crippen MR) is 39.9 cm³/mol. The molecule has 3 N–H and O–H groups in total. The number of carbonyl (C=O) groups is 1. The fraction of sp³-hybridized carbons (Fsp3) is 0.143. The number of rotatable bonds is 2. The minimum atomic E-state index is -1.11. The van der Waals surface area contributed by atoms with E-state index >= 15 is 0 Å². The van der Waals surface area contributed by atoms with Gasteiger partial charge >= 0.3 is 5.97 Å². The lowest BCUT2D eigenvalue weighted by molar-refractivity contribution is -0.136. The van der Waals surface area contributed by atoms with E-state index in [1.54, 1.807) is 0 Å². The van der Waals surface area contributed by atoms with Gasteiger partial charge < -0.3 is 10.8 Å². The number of aliphatic carboxylic acids is 1. The lowest BCUT2D eigenvalue weighted by Gasteiger charge is -1.99. The second-order valence-corrected chi connectivity index (χ2v) is 2.29. The summed E-state index contributed by atoms with van der Waals surface area (Å²) >= 11 is 0. The number of aromatic nitrogens is 1. The van der Waals surface area contributed by atoms with Crippen LogP contribution in [0.2, 0.25) is 0 Å². The molecule has 5 heteroatoms. The minimum absolute atomic E-state index is 0.00231. The Kier molecular flexibility index (Phi) is 2.23. The fourth-order valence-electron chi connectivity index (χ4n) is 0.799. The van der Waals surface area contributed by atoms with E-state index in [-0.39, 0.29) is 11.3 Å². The molecule has 0 aliphatic carbocycles. The van der Waals surface area contributed by atoms with E-state index in [9.17, 15) is 9.18 Å². The highest BCUT2D eigenvalue weighted by atomic mass is 19.1. The molecule has 0 aromatic carbocycles. The summed E-state index contributed by atoms with van der Waals surface area (Å²) in [4.78, 5) is 13.5. The van der Waals surface area contributed by atoms with Crippen molar-refractivity contribution in [3.63, 3.8) is 0 Å². The van der Waals surface area contributed by atoms with Crippen molar-refractivity contribution >= 4 is 11.7 Å². The van der Waals surface area contributed by atoms with Gasteiger partial charge in [-0.3, -0.25) is 4.79 Å². The Bertz CT molecular complexity index is 314. The normalized spacial score (nSPS) is 9.75. The van der Waals surface area contributed by atoms with Crippen molar-refractivity contribution < 1.29 is 14.3 Å². The Balaban J connectivity index is 2.97. The molecule has 0 saturated heterocycles. The molecule has 4 nitrogen and oxygen atoms in total. The van der Waals surface area contributed by atoms with Crippen LogP contribution in [-0.4, -0.2) is 16.1 Å². The Morgan fingerprint density at radius 2 is 2.42 bits per heavy atom. The highest BCUT2D eigenvalue weighted by Crippen LogP contribution is 2.09. The maximum absolute atomic E-state index is 12.7. The van der Waals surface area contributed by atoms with E-state index in [2.05, 4.69) is 4.98 Å². The molecule has 1 rings (SSSR count). The van der Waals surface area contributed by atoms with E-state index in [0.717, 1.165) is 6.20 Å². The maximum atomic E-state index is 12.7. The molecular formula is C7H7FN2O2. The number of hydrogen-bond acceptors (Lipinski definition) is 3. The highest BCUT2D eigenvalue weighted by Gasteiger charge is 2.07. The summed E-state index contributed by atoms with van der Waals surface area (Å²) in [5.74, 6) is -1.90. The summed E-state index contributed by atoms with van der Waals surface area (Å²) in [7, 11) is 0. The molecule has 0 fully saturated rings. The number of nitrogens with zero attached hydrogens (tertiary/aromatic N) is 1. The summed E-state index contributed by atoms with van der Waals surface area (Å²) in [6, 6.07) is 1.26. The van der Waals surface area contributed by atoms with Crippen molar-refractivity contribution in [1.82, 2.24) is 4.98 Å². The molecule has 0 atom stereocenters. The van der Waals surface area contributed by atoms with Crippen LogP contribution in [0.1, 0.15) is 5.56 Å². The molecule has 1 aromatic heterocycles. The first kappa shape index (κ1) is 8.45. The van der Waals surface area contributed by atoms with E-state index in [1.165, 1.54) is 6.07 Å². The molecule has 0 aliphatic rings. The van der Waals surface area contributed by atoms with Crippen molar-refractivity contribution in [2.45, 2.75) is 6.42 Å². The van der Waals surface area contributed by atoms with Gasteiger partial charge in [0.15, 0.2) is 0 Å². The SMILES string of the molecule is Nc1cnc(F)c(CC(=O)O)c1. The Morgan fingerprint density at radius 1 is 1.75 bits per heavy atom. The summed E-state index contributed by atoms with van der Waals surface area (Å²) in [5, 5.41) is 8.35. The first-order chi connectivity index (χ1) is 5.59. The van der Waals surface area contributed by atoms with Gasteiger partial charge in [-0.2, -0.15) is 4.39 Å². The van der Waals surface area contributed by atoms with Crippen molar-refractivity contribution in [2.75, 3.05) is 5.73 Å². The van der Waals surface area contributed by atoms with Gasteiger partial charge in [0.1, 0.15) is 0 Å². The maximum Gasteiger partial charge on any atom is 0.307 e. The number of carboxylic acid groups (broad SMARTS) is 1. The molecule has 0 saturated carbocycles. The molecule has 64 valence electrons. The van der Waals surface area contributed by atoms with Crippen molar-refractivity contribution in [3.8, 4) is 0 Å². The number of carboxylic acids is 1. The quantitative estimate of drug-likeness (QED) is 0.631. The molecule has 0 unspecified atom stereocenters. The molecule has 0 radical (unpaired) electrons. The molecular weight excluding hydrogens is 163 g/mol. The molecule has 0 aliphatic heterocycles. The van der Waals surface area contributed by atoms with Gasteiger partial charge in [-0.05, 0) is 6.07 Å². The third-order valence-electron chi connectivity index (χ3n) is 1.27. The number of nitrogen functional groups attached to an aromatic ring is 1. The van der Waals surface area contributed by atoms with Crippen LogP contribution < -0.4 is 5.73 Å². The van der Waals surface area contributed by atoms with Crippen molar-refractivity contribution in [3.05, 3.63) is 23.8 Å². The molecule has 0 spiro atoms. The van der Waals surface area contributed by atoms with Crippen LogP contribution in [-0.2, 0) is 11.2 Å². The monoisotopic (exact) mass is 170 g/mol. The van der Waals surface area contributed by atoms with Gasteiger partial charge in [0.05, 0.1) is 18.3 Å². The zero-order chi connectivity index (χ0) is 9.14. The summed E-state index contributed by atoms with van der Waals surface area (Å²) < 4.78 is 12.7. The van der Waals surface area contributed by atoms with Crippen LogP contribution in [0.3, 0.4) is 0 Å². The Hall–Kier alpha value is -1.65. The topological polar surface area (TPSA) is 76.2 Å². The van der Waals surface area contributed by atoms with Crippen molar-refractivity contribution in [2.24, 2.45) is 0 Å². The Labute approximate surface area is 67.8 Å². The molecule has 12 heavy (non-hydrogen) atoms. The second-order valence-electron chi connectivity index (χ2n) is 2.29. The number of nitrogens with two attached hydrogens (primary N) is 1. The molecule has 1 heterocycles. The lowest BCUT2D eigenvalue weighted by Crippen LogP contribution is -2.04. The van der Waals surface area contributed by atoms with Crippen LogP contribution in [0, 0.1) is 5.95 Å². The van der Waals surface area contributed by atoms with Crippen LogP contribution in [0.5, 0.6) is 0 Å². The zero-order valence-electron chi connectivity index (χ0n) is 6.12. The number of anilines is 1. The number of hydrogen-bond donors (Lipinski definition) is 2. The number of pyridine rings is 1. The molecule has 0 amide bonds. The lowest BCUT2D eigenvalue weighted by atomic mass is 10.2. The third-order valence-corrected chi connectivity index (χ3v) is 1.27. The van der Waals surface area contributed by atoms with Crippen LogP contribution >= 0.6 is 0 Å². The van der Waals surface area contributed by atoms with Gasteiger partial charge in [0.2, 0.25) is 5.95 Å². The van der Waals surface area contributed by atoms with E-state index in [1.807, 2.05) is 0 Å². The van der Waals surface area contributed by atoms with E-state index in [0.29, 0.717) is 0 Å². The largest absolute Gasteiger partial charge is 0.481 e. The highest BCUT2D eigenvalue weighted by molar-refractivity contribution is 5.70. The molecule has 0 bridgehead atoms. The van der Waals surface area contributed by atoms with Crippen LogP contribution in [0.25, 0.3) is 0 Å². The Morgan fingerprint density at radius 3 is 3.00 bits per heavy atom. The predicted octanol–water partition coefficient (Wildman–Crippen LogP) is 0.430. The fourth-order valence-corrected chi connectivity index (χ4v) is 0.799. The summed E-state index contributed by atoms with van der Waals surface area (Å²) in [6.45, 7) is 0. The summed E-state index contributed by atoms with van der Waals surface area (Å²) in [6.07, 6.45) is 0.741. The number of halogens is 1. The average Bonchev–Trinajstić information content (AvgIpc) is 1.96. The zero-order valence-corrected chi connectivity index (χ0v) is 6.12.